The molecule has 13 nitrogen and oxygen atoms in total. The Bertz CT molecular complexity index is 1670. The van der Waals surface area contributed by atoms with Crippen LogP contribution in [0.5, 0.6) is 5.75 Å². The zero-order chi connectivity index (χ0) is 33.5. The van der Waals surface area contributed by atoms with Crippen molar-refractivity contribution >= 4 is 73.9 Å². The van der Waals surface area contributed by atoms with Gasteiger partial charge in [-0.15, -0.1) is 0 Å². The van der Waals surface area contributed by atoms with Gasteiger partial charge in [0.1, 0.15) is 11.4 Å². The highest BCUT2D eigenvalue weighted by atomic mass is 79.9. The summed E-state index contributed by atoms with van der Waals surface area (Å²) in [5, 5.41) is 25.8. The molecule has 45 heavy (non-hydrogen) atoms. The minimum Gasteiger partial charge on any atom is -0.505 e. The van der Waals surface area contributed by atoms with Crippen molar-refractivity contribution in [2.24, 2.45) is 29.4 Å². The second-order valence-corrected chi connectivity index (χ2v) is 14.3. The van der Waals surface area contributed by atoms with Crippen molar-refractivity contribution in [3.05, 3.63) is 40.3 Å². The third kappa shape index (κ3) is 4.64. The number of aromatic hydroxyl groups is 1. The number of hydrogen-bond donors (Lipinski definition) is 4. The van der Waals surface area contributed by atoms with Gasteiger partial charge >= 0.3 is 0 Å². The van der Waals surface area contributed by atoms with E-state index in [0.29, 0.717) is 11.3 Å². The molecule has 7 atom stereocenters. The van der Waals surface area contributed by atoms with E-state index in [4.69, 9.17) is 21.8 Å². The van der Waals surface area contributed by atoms with Crippen LogP contribution >= 0.6 is 27.5 Å². The number of carbonyl (C=O) groups is 6. The topological polar surface area (TPSA) is 201 Å². The van der Waals surface area contributed by atoms with Crippen molar-refractivity contribution in [1.29, 1.82) is 0 Å². The Morgan fingerprint density at radius 2 is 1.82 bits per heavy atom. The van der Waals surface area contributed by atoms with Gasteiger partial charge in [-0.25, -0.2) is 0 Å². The Morgan fingerprint density at radius 1 is 1.18 bits per heavy atom. The predicted molar refractivity (Wildman–Crippen MR) is 164 cm³/mol. The zero-order valence-electron chi connectivity index (χ0n) is 25.0. The number of benzene rings is 1. The molecule has 0 radical (unpaired) electrons. The van der Waals surface area contributed by atoms with Gasteiger partial charge in [-0.3, -0.25) is 33.7 Å². The molecule has 2 aromatic rings. The van der Waals surface area contributed by atoms with Crippen LogP contribution in [0, 0.1) is 23.7 Å². The standard InChI is InChI=1S/C30H32BrClN4O9/c1-29(31,14-7-6-8-45-14)28(43)34-19-18(32)20(35(2)3)12-9-11-10-13-21(36(4)5)24(39)17(27(33)42)26(41)30(13,44)25(40)15(11)22(37)16(12)23(19)38/h6-8,11,13,15,17,21,38,44H,9-10H2,1-5H3,(H2,33,42)(H,34,43)/t11?,13?,15?,17?,21-,29?,30-/m0/s1. The number of rotatable bonds is 6. The third-order valence-corrected chi connectivity index (χ3v) is 10.4. The van der Waals surface area contributed by atoms with E-state index in [1.165, 1.54) is 32.2 Å². The molecule has 2 saturated carbocycles. The van der Waals surface area contributed by atoms with Gasteiger partial charge in [-0.2, -0.15) is 0 Å². The molecule has 3 aliphatic rings. The van der Waals surface area contributed by atoms with E-state index in [0.717, 1.165) is 0 Å². The molecule has 15 heteroatoms. The van der Waals surface area contributed by atoms with Crippen molar-refractivity contribution in [3.63, 3.8) is 0 Å². The van der Waals surface area contributed by atoms with Crippen LogP contribution in [-0.4, -0.2) is 89.9 Å². The molecule has 240 valence electrons. The number of likely N-dealkylation sites (N-methyl/N-ethyl adjacent to an activating group) is 1. The Hall–Kier alpha value is -3.59. The Kier molecular flexibility index (Phi) is 8.04. The lowest BCUT2D eigenvalue weighted by Crippen LogP contribution is -2.74. The summed E-state index contributed by atoms with van der Waals surface area (Å²) in [6.45, 7) is 1.51. The molecular weight excluding hydrogens is 676 g/mol. The van der Waals surface area contributed by atoms with Gasteiger partial charge in [0.2, 0.25) is 11.8 Å². The molecule has 0 saturated heterocycles. The highest BCUT2D eigenvalue weighted by Gasteiger charge is 2.69. The second kappa shape index (κ2) is 11.0. The van der Waals surface area contributed by atoms with E-state index in [-0.39, 0.29) is 34.9 Å². The van der Waals surface area contributed by atoms with Crippen LogP contribution in [-0.2, 0) is 34.7 Å². The number of Topliss-reactive ketones (excluding diaryl/α,β-unsaturated/α-hetero) is 4. The van der Waals surface area contributed by atoms with Crippen molar-refractivity contribution in [1.82, 2.24) is 4.90 Å². The molecule has 0 spiro atoms. The summed E-state index contributed by atoms with van der Waals surface area (Å²) >= 11 is 10.1. The van der Waals surface area contributed by atoms with Gasteiger partial charge in [-0.05, 0) is 57.5 Å². The Labute approximate surface area is 271 Å². The summed E-state index contributed by atoms with van der Waals surface area (Å²) in [5.41, 5.74) is 2.50. The molecule has 0 bridgehead atoms. The number of alkyl halides is 1. The fraction of sp³-hybridized carbons (Fsp3) is 0.467. The smallest absolute Gasteiger partial charge is 0.248 e. The Morgan fingerprint density at radius 3 is 2.36 bits per heavy atom. The first-order valence-corrected chi connectivity index (χ1v) is 15.2. The quantitative estimate of drug-likeness (QED) is 0.192. The first-order valence-electron chi connectivity index (χ1n) is 14.0. The zero-order valence-corrected chi connectivity index (χ0v) is 27.4. The molecule has 2 fully saturated rings. The van der Waals surface area contributed by atoms with E-state index in [1.807, 2.05) is 0 Å². The number of primary amides is 1. The molecule has 5 rings (SSSR count). The number of amides is 2. The lowest BCUT2D eigenvalue weighted by Gasteiger charge is -2.52. The monoisotopic (exact) mass is 706 g/mol. The first-order chi connectivity index (χ1) is 20.9. The minimum absolute atomic E-state index is 0.00339. The number of anilines is 2. The minimum atomic E-state index is -2.86. The number of nitrogens with two attached hydrogens (primary N) is 1. The molecule has 0 aliphatic heterocycles. The maximum atomic E-state index is 14.2. The van der Waals surface area contributed by atoms with E-state index in [1.54, 1.807) is 31.1 Å². The van der Waals surface area contributed by atoms with Gasteiger partial charge in [0.15, 0.2) is 44.7 Å². The molecule has 2 amide bonds. The lowest BCUT2D eigenvalue weighted by atomic mass is 9.52. The maximum Gasteiger partial charge on any atom is 0.248 e. The number of aliphatic hydroxyl groups is 1. The summed E-state index contributed by atoms with van der Waals surface area (Å²) in [6, 6.07) is 1.93. The summed E-state index contributed by atoms with van der Waals surface area (Å²) in [7, 11) is 6.31. The molecular formula is C30H32BrClN4O9. The number of fused-ring (bicyclic) bond motifs is 3. The number of halogens is 2. The number of furan rings is 1. The molecule has 1 aromatic carbocycles. The van der Waals surface area contributed by atoms with Crippen LogP contribution in [0.1, 0.15) is 35.0 Å². The number of carbonyl (C=O) groups excluding carboxylic acids is 6. The van der Waals surface area contributed by atoms with E-state index in [9.17, 15) is 39.0 Å². The number of phenolic OH excluding ortho intramolecular Hbond substituents is 1. The van der Waals surface area contributed by atoms with Crippen molar-refractivity contribution in [2.75, 3.05) is 38.4 Å². The van der Waals surface area contributed by atoms with Gasteiger partial charge in [0, 0.05) is 20.0 Å². The number of ketones is 4. The average Bonchev–Trinajstić information content (AvgIpc) is 3.48. The van der Waals surface area contributed by atoms with E-state index >= 15 is 0 Å². The number of nitrogens with zero attached hydrogens (tertiary/aromatic N) is 2. The highest BCUT2D eigenvalue weighted by Crippen LogP contribution is 2.55. The van der Waals surface area contributed by atoms with E-state index in [2.05, 4.69) is 21.2 Å². The molecule has 5 unspecified atom stereocenters. The van der Waals surface area contributed by atoms with Crippen LogP contribution in [0.3, 0.4) is 0 Å². The van der Waals surface area contributed by atoms with Gasteiger partial charge in [-0.1, -0.05) is 27.5 Å². The second-order valence-electron chi connectivity index (χ2n) is 12.4. The lowest BCUT2D eigenvalue weighted by molar-refractivity contribution is -0.181. The molecule has 1 heterocycles. The summed E-state index contributed by atoms with van der Waals surface area (Å²) < 4.78 is 3.95. The normalized spacial score (nSPS) is 29.0. The van der Waals surface area contributed by atoms with Crippen molar-refractivity contribution in [3.8, 4) is 5.75 Å². The van der Waals surface area contributed by atoms with Crippen molar-refractivity contribution in [2.45, 2.75) is 35.7 Å². The fourth-order valence-electron chi connectivity index (χ4n) is 7.16. The average molecular weight is 708 g/mol. The summed E-state index contributed by atoms with van der Waals surface area (Å²) in [5.74, 6) is -12.5. The fourth-order valence-corrected chi connectivity index (χ4v) is 7.90. The third-order valence-electron chi connectivity index (χ3n) is 9.24. The van der Waals surface area contributed by atoms with Crippen LogP contribution < -0.4 is 16.0 Å². The SMILES string of the molecule is CN(C)c1c(Cl)c(NC(=O)C(C)(Br)c2ccco2)c(O)c2c1CC1CC3[C@H](N(C)C)C(=O)C(C(N)=O)C(=O)[C@@]3(O)C(=O)C1C2=O. The predicted octanol–water partition coefficient (Wildman–Crippen LogP) is 1.43. The molecule has 3 aliphatic carbocycles. The highest BCUT2D eigenvalue weighted by molar-refractivity contribution is 9.10. The van der Waals surface area contributed by atoms with Crippen molar-refractivity contribution < 1.29 is 43.4 Å². The van der Waals surface area contributed by atoms with Gasteiger partial charge in [0.05, 0.1) is 34.5 Å². The van der Waals surface area contributed by atoms with Crippen LogP contribution in [0.15, 0.2) is 22.8 Å². The number of phenols is 1. The van der Waals surface area contributed by atoms with Crippen LogP contribution in [0.4, 0.5) is 11.4 Å². The Balaban J connectivity index is 1.64. The van der Waals surface area contributed by atoms with Crippen LogP contribution in [0.2, 0.25) is 5.02 Å². The van der Waals surface area contributed by atoms with Gasteiger partial charge < -0.3 is 30.6 Å². The summed E-state index contributed by atoms with van der Waals surface area (Å²) in [6.07, 6.45) is 1.27. The number of hydrogen-bond acceptors (Lipinski definition) is 11. The largest absolute Gasteiger partial charge is 0.505 e. The van der Waals surface area contributed by atoms with E-state index < -0.39 is 80.3 Å². The van der Waals surface area contributed by atoms with Gasteiger partial charge in [0.25, 0.3) is 0 Å². The van der Waals surface area contributed by atoms with Crippen LogP contribution in [0.25, 0.3) is 0 Å². The summed E-state index contributed by atoms with van der Waals surface area (Å²) in [4.78, 5) is 83.8. The number of nitrogens with one attached hydrogen (secondary N) is 1. The first kappa shape index (κ1) is 32.8. The molecule has 1 aromatic heterocycles. The molecule has 5 N–H and O–H groups in total. The maximum absolute atomic E-state index is 14.2.